The van der Waals surface area contributed by atoms with E-state index in [1.54, 1.807) is 0 Å². The quantitative estimate of drug-likeness (QED) is 0.0199. The monoisotopic (exact) mass is 935 g/mol. The Morgan fingerprint density at radius 3 is 1.13 bits per heavy atom. The molecule has 0 aliphatic rings. The summed E-state index contributed by atoms with van der Waals surface area (Å²) in [6.45, 7) is 6.24. The summed E-state index contributed by atoms with van der Waals surface area (Å²) in [7, 11) is 0. The average molecular weight is 935 g/mol. The molecular formula is C62H94O6. The van der Waals surface area contributed by atoms with Crippen molar-refractivity contribution in [2.45, 2.75) is 200 Å². The Hall–Kier alpha value is -4.97. The van der Waals surface area contributed by atoms with E-state index in [0.29, 0.717) is 19.3 Å². The lowest BCUT2D eigenvalue weighted by Gasteiger charge is -2.18. The van der Waals surface area contributed by atoms with Crippen LogP contribution in [0.3, 0.4) is 0 Å². The van der Waals surface area contributed by atoms with Crippen molar-refractivity contribution in [1.82, 2.24) is 0 Å². The van der Waals surface area contributed by atoms with Gasteiger partial charge in [0.25, 0.3) is 0 Å². The maximum absolute atomic E-state index is 12.8. The molecule has 0 aliphatic heterocycles. The van der Waals surface area contributed by atoms with Crippen LogP contribution in [0.4, 0.5) is 0 Å². The van der Waals surface area contributed by atoms with Crippen molar-refractivity contribution in [3.63, 3.8) is 0 Å². The van der Waals surface area contributed by atoms with E-state index in [9.17, 15) is 14.4 Å². The van der Waals surface area contributed by atoms with E-state index < -0.39 is 6.10 Å². The summed E-state index contributed by atoms with van der Waals surface area (Å²) in [5.74, 6) is -1.05. The average Bonchev–Trinajstić information content (AvgIpc) is 3.34. The van der Waals surface area contributed by atoms with Gasteiger partial charge in [0.2, 0.25) is 0 Å². The van der Waals surface area contributed by atoms with E-state index in [2.05, 4.69) is 106 Å². The number of ether oxygens (including phenoxy) is 3. The molecule has 0 fully saturated rings. The molecule has 0 rings (SSSR count). The lowest BCUT2D eigenvalue weighted by molar-refractivity contribution is -0.167. The summed E-state index contributed by atoms with van der Waals surface area (Å²) in [5.41, 5.74) is 0. The molecule has 0 radical (unpaired) electrons. The lowest BCUT2D eigenvalue weighted by atomic mass is 10.1. The van der Waals surface area contributed by atoms with Crippen molar-refractivity contribution in [2.24, 2.45) is 0 Å². The molecule has 0 amide bonds. The second-order valence-corrected chi connectivity index (χ2v) is 16.8. The van der Waals surface area contributed by atoms with Crippen LogP contribution in [0.15, 0.2) is 158 Å². The first-order valence-electron chi connectivity index (χ1n) is 26.6. The molecule has 6 heteroatoms. The SMILES string of the molecule is CC\C=C/C=C\C=C/C=C\C=C\C=C/C=C\CCCCCC(=O)OCC(COC(=O)CCCCCCCCC/C=C\C/C=C\CC)OC(=O)CCC/C=C\C/C=C\C/C=C\C/C=C\CCCCC. The minimum absolute atomic E-state index is 0.127. The molecule has 0 saturated carbocycles. The molecule has 0 aromatic heterocycles. The Kier molecular flexibility index (Phi) is 50.6. The second kappa shape index (κ2) is 54.6. The van der Waals surface area contributed by atoms with Crippen LogP contribution in [-0.2, 0) is 28.6 Å². The highest BCUT2D eigenvalue weighted by Gasteiger charge is 2.19. The van der Waals surface area contributed by atoms with Crippen LogP contribution >= 0.6 is 0 Å². The van der Waals surface area contributed by atoms with E-state index in [1.165, 1.54) is 51.4 Å². The van der Waals surface area contributed by atoms with Crippen molar-refractivity contribution >= 4 is 17.9 Å². The minimum atomic E-state index is -0.837. The molecule has 0 N–H and O–H groups in total. The maximum Gasteiger partial charge on any atom is 0.306 e. The van der Waals surface area contributed by atoms with Gasteiger partial charge in [-0.15, -0.1) is 0 Å². The lowest BCUT2D eigenvalue weighted by Crippen LogP contribution is -2.30. The molecule has 0 aliphatic carbocycles. The van der Waals surface area contributed by atoms with Gasteiger partial charge in [0, 0.05) is 19.3 Å². The molecular weight excluding hydrogens is 841 g/mol. The molecule has 0 aromatic carbocycles. The highest BCUT2D eigenvalue weighted by Crippen LogP contribution is 2.12. The Bertz CT molecular complexity index is 1590. The van der Waals surface area contributed by atoms with Crippen molar-refractivity contribution in [3.8, 4) is 0 Å². The first kappa shape index (κ1) is 63.0. The van der Waals surface area contributed by atoms with Crippen LogP contribution in [0, 0.1) is 0 Å². The zero-order chi connectivity index (χ0) is 49.3. The number of allylic oxidation sites excluding steroid dienone is 26. The number of unbranched alkanes of at least 4 members (excludes halogenated alkanes) is 14. The Morgan fingerprint density at radius 2 is 0.662 bits per heavy atom. The van der Waals surface area contributed by atoms with Crippen molar-refractivity contribution < 1.29 is 28.6 Å². The van der Waals surface area contributed by atoms with Crippen molar-refractivity contribution in [3.05, 3.63) is 158 Å². The number of esters is 3. The summed E-state index contributed by atoms with van der Waals surface area (Å²) >= 11 is 0. The largest absolute Gasteiger partial charge is 0.462 e. The molecule has 0 bridgehead atoms. The van der Waals surface area contributed by atoms with Gasteiger partial charge in [-0.3, -0.25) is 14.4 Å². The summed E-state index contributed by atoms with van der Waals surface area (Å²) in [4.78, 5) is 38.0. The normalized spacial score (nSPS) is 13.4. The molecule has 0 aromatic rings. The van der Waals surface area contributed by atoms with Crippen LogP contribution in [0.1, 0.15) is 194 Å². The van der Waals surface area contributed by atoms with E-state index in [0.717, 1.165) is 89.9 Å². The first-order chi connectivity index (χ1) is 33.5. The summed E-state index contributed by atoms with van der Waals surface area (Å²) < 4.78 is 16.7. The van der Waals surface area contributed by atoms with E-state index >= 15 is 0 Å². The molecule has 0 spiro atoms. The van der Waals surface area contributed by atoms with E-state index in [4.69, 9.17) is 14.2 Å². The third-order valence-electron chi connectivity index (χ3n) is 10.4. The van der Waals surface area contributed by atoms with Crippen LogP contribution < -0.4 is 0 Å². The van der Waals surface area contributed by atoms with Gasteiger partial charge < -0.3 is 14.2 Å². The number of hydrogen-bond acceptors (Lipinski definition) is 6. The molecule has 0 heterocycles. The molecule has 68 heavy (non-hydrogen) atoms. The Morgan fingerprint density at radius 1 is 0.324 bits per heavy atom. The smallest absolute Gasteiger partial charge is 0.306 e. The second-order valence-electron chi connectivity index (χ2n) is 16.8. The maximum atomic E-state index is 12.8. The molecule has 0 saturated heterocycles. The highest BCUT2D eigenvalue weighted by molar-refractivity contribution is 5.71. The molecule has 1 atom stereocenters. The number of carbonyl (C=O) groups is 3. The predicted octanol–water partition coefficient (Wildman–Crippen LogP) is 17.8. The van der Waals surface area contributed by atoms with E-state index in [1.807, 2.05) is 72.9 Å². The van der Waals surface area contributed by atoms with Gasteiger partial charge in [0.15, 0.2) is 6.10 Å². The Balaban J connectivity index is 4.63. The fourth-order valence-electron chi connectivity index (χ4n) is 6.51. The van der Waals surface area contributed by atoms with Crippen molar-refractivity contribution in [2.75, 3.05) is 13.2 Å². The van der Waals surface area contributed by atoms with Gasteiger partial charge in [-0.25, -0.2) is 0 Å². The summed E-state index contributed by atoms with van der Waals surface area (Å²) in [6.07, 6.45) is 79.4. The third kappa shape index (κ3) is 52.0. The van der Waals surface area contributed by atoms with Gasteiger partial charge in [-0.1, -0.05) is 230 Å². The van der Waals surface area contributed by atoms with Crippen molar-refractivity contribution in [1.29, 1.82) is 0 Å². The zero-order valence-electron chi connectivity index (χ0n) is 43.0. The molecule has 1 unspecified atom stereocenters. The number of carbonyl (C=O) groups excluding carboxylic acids is 3. The number of hydrogen-bond donors (Lipinski definition) is 0. The third-order valence-corrected chi connectivity index (χ3v) is 10.4. The van der Waals surface area contributed by atoms with Gasteiger partial charge in [-0.05, 0) is 103 Å². The Labute approximate surface area is 416 Å². The van der Waals surface area contributed by atoms with Crippen LogP contribution in [0.25, 0.3) is 0 Å². The fourth-order valence-corrected chi connectivity index (χ4v) is 6.51. The topological polar surface area (TPSA) is 78.9 Å². The minimum Gasteiger partial charge on any atom is -0.462 e. The predicted molar refractivity (Wildman–Crippen MR) is 292 cm³/mol. The summed E-state index contributed by atoms with van der Waals surface area (Å²) in [6, 6.07) is 0. The van der Waals surface area contributed by atoms with Crippen LogP contribution in [-0.4, -0.2) is 37.2 Å². The van der Waals surface area contributed by atoms with E-state index in [-0.39, 0.29) is 44.0 Å². The molecule has 6 nitrogen and oxygen atoms in total. The van der Waals surface area contributed by atoms with Gasteiger partial charge in [0.1, 0.15) is 13.2 Å². The first-order valence-corrected chi connectivity index (χ1v) is 26.6. The zero-order valence-corrected chi connectivity index (χ0v) is 43.0. The van der Waals surface area contributed by atoms with Gasteiger partial charge in [-0.2, -0.15) is 0 Å². The molecule has 378 valence electrons. The van der Waals surface area contributed by atoms with Crippen LogP contribution in [0.2, 0.25) is 0 Å². The van der Waals surface area contributed by atoms with Gasteiger partial charge in [0.05, 0.1) is 0 Å². The highest BCUT2D eigenvalue weighted by atomic mass is 16.6. The fraction of sp³-hybridized carbons (Fsp3) is 0.532. The summed E-state index contributed by atoms with van der Waals surface area (Å²) in [5, 5.41) is 0. The number of rotatable bonds is 45. The standard InChI is InChI=1S/C62H94O6/c1-4-7-10-13-16-19-22-25-28-30-31-33-34-37-40-43-46-49-52-55-61(64)67-58-59(57-66-60(63)54-51-48-45-42-39-36-27-24-21-18-15-12-9-6-3)68-62(65)56-53-50-47-44-41-38-35-32-29-26-23-20-17-14-11-8-5-2/h7,9-10,12-13,16-22,25-26,28-31,33-35,37-38,40,44,47,59H,4-6,8,11,14-15,23-24,27,32,36,39,41-43,45-46,48-58H2,1-3H3/b10-7-,12-9-,16-13-,20-17-,21-18-,22-19-,28-25-,29-26-,31-30+,34-33-,38-35-,40-37-,47-44-. The van der Waals surface area contributed by atoms with Crippen LogP contribution in [0.5, 0.6) is 0 Å². The van der Waals surface area contributed by atoms with Gasteiger partial charge >= 0.3 is 17.9 Å².